The van der Waals surface area contributed by atoms with Crippen LogP contribution >= 0.6 is 0 Å². The monoisotopic (exact) mass is 572 g/mol. The fourth-order valence-electron chi connectivity index (χ4n) is 6.42. The molecule has 230 valence electrons. The molecule has 2 aromatic carbocycles. The molecule has 0 radical (unpaired) electrons. The van der Waals surface area contributed by atoms with Crippen molar-refractivity contribution < 1.29 is 17.9 Å². The molecule has 0 aromatic heterocycles. The van der Waals surface area contributed by atoms with Crippen molar-refractivity contribution in [3.05, 3.63) is 53.3 Å². The summed E-state index contributed by atoms with van der Waals surface area (Å²) in [5, 5.41) is 0. The molecule has 4 heteroatoms. The first-order chi connectivity index (χ1) is 20.0. The van der Waals surface area contributed by atoms with Crippen LogP contribution in [0.5, 0.6) is 5.75 Å². The van der Waals surface area contributed by atoms with E-state index in [0.717, 1.165) is 43.6 Å². The summed E-state index contributed by atoms with van der Waals surface area (Å²) in [7, 11) is 0. The third-order valence-electron chi connectivity index (χ3n) is 9.15. The summed E-state index contributed by atoms with van der Waals surface area (Å²) in [6.07, 6.45) is 24.6. The van der Waals surface area contributed by atoms with Gasteiger partial charge < -0.3 is 4.74 Å². The van der Waals surface area contributed by atoms with Gasteiger partial charge in [0.25, 0.3) is 0 Å². The highest BCUT2D eigenvalue weighted by atomic mass is 19.2. The van der Waals surface area contributed by atoms with Crippen LogP contribution in [0.25, 0.3) is 11.1 Å². The van der Waals surface area contributed by atoms with Crippen LogP contribution in [-0.4, -0.2) is 6.61 Å². The second-order valence-corrected chi connectivity index (χ2v) is 12.5. The van der Waals surface area contributed by atoms with Gasteiger partial charge in [0, 0.05) is 11.1 Å². The molecule has 0 heterocycles. The van der Waals surface area contributed by atoms with Crippen LogP contribution in [-0.2, 0) is 6.42 Å². The zero-order valence-electron chi connectivity index (χ0n) is 25.9. The third kappa shape index (κ3) is 11.7. The van der Waals surface area contributed by atoms with Gasteiger partial charge in [-0.2, -0.15) is 4.39 Å². The molecule has 1 aliphatic carbocycles. The lowest BCUT2D eigenvalue weighted by atomic mass is 9.77. The topological polar surface area (TPSA) is 9.23 Å². The van der Waals surface area contributed by atoms with Gasteiger partial charge in [0.15, 0.2) is 11.6 Å². The first-order valence-electron chi connectivity index (χ1n) is 16.9. The van der Waals surface area contributed by atoms with E-state index in [4.69, 9.17) is 4.74 Å². The average molecular weight is 573 g/mol. The molecule has 0 N–H and O–H groups in total. The minimum atomic E-state index is -1.05. The van der Waals surface area contributed by atoms with Gasteiger partial charge in [-0.05, 0) is 54.9 Å². The molecule has 0 bridgehead atoms. The number of aryl methyl sites for hydroxylation is 1. The van der Waals surface area contributed by atoms with E-state index in [-0.39, 0.29) is 16.9 Å². The van der Waals surface area contributed by atoms with Crippen molar-refractivity contribution in [1.82, 2.24) is 0 Å². The molecule has 2 aromatic rings. The van der Waals surface area contributed by atoms with Crippen molar-refractivity contribution >= 4 is 0 Å². The summed E-state index contributed by atoms with van der Waals surface area (Å²) in [5.74, 6) is -1.09. The maximum absolute atomic E-state index is 15.1. The number of halogens is 3. The van der Waals surface area contributed by atoms with Crippen molar-refractivity contribution in [1.29, 1.82) is 0 Å². The first kappa shape index (κ1) is 33.5. The molecule has 1 saturated carbocycles. The number of unbranched alkanes of at least 4 members (excludes halogenated alkanes) is 11. The maximum Gasteiger partial charge on any atom is 0.201 e. The minimum Gasteiger partial charge on any atom is -0.490 e. The number of hydrogen-bond acceptors (Lipinski definition) is 1. The first-order valence-corrected chi connectivity index (χ1v) is 16.9. The van der Waals surface area contributed by atoms with Gasteiger partial charge in [0.2, 0.25) is 5.82 Å². The average Bonchev–Trinajstić information content (AvgIpc) is 2.98. The Kier molecular flexibility index (Phi) is 15.8. The highest BCUT2D eigenvalue weighted by molar-refractivity contribution is 5.66. The van der Waals surface area contributed by atoms with E-state index in [1.165, 1.54) is 115 Å². The van der Waals surface area contributed by atoms with Gasteiger partial charge in [0.05, 0.1) is 6.61 Å². The quantitative estimate of drug-likeness (QED) is 0.143. The van der Waals surface area contributed by atoms with E-state index in [0.29, 0.717) is 12.5 Å². The highest BCUT2D eigenvalue weighted by Gasteiger charge is 2.22. The molecule has 1 aliphatic rings. The van der Waals surface area contributed by atoms with Crippen LogP contribution in [0.15, 0.2) is 30.3 Å². The molecule has 3 rings (SSSR count). The fraction of sp³-hybridized carbons (Fsp3) is 0.676. The Morgan fingerprint density at radius 3 is 1.80 bits per heavy atom. The van der Waals surface area contributed by atoms with E-state index in [2.05, 4.69) is 13.8 Å². The molecule has 0 amide bonds. The van der Waals surface area contributed by atoms with E-state index in [1.807, 2.05) is 6.07 Å². The predicted molar refractivity (Wildman–Crippen MR) is 167 cm³/mol. The van der Waals surface area contributed by atoms with E-state index in [1.54, 1.807) is 6.07 Å². The summed E-state index contributed by atoms with van der Waals surface area (Å²) in [6, 6.07) is 7.82. The molecule has 0 atom stereocenters. The second kappa shape index (κ2) is 19.3. The molecule has 41 heavy (non-hydrogen) atoms. The van der Waals surface area contributed by atoms with Crippen molar-refractivity contribution in [2.24, 2.45) is 11.8 Å². The minimum absolute atomic E-state index is 0.0569. The molecule has 0 unspecified atom stereocenters. The molecular weight excluding hydrogens is 517 g/mol. The molecule has 0 spiro atoms. The van der Waals surface area contributed by atoms with Gasteiger partial charge in [-0.15, -0.1) is 0 Å². The lowest BCUT2D eigenvalue weighted by Gasteiger charge is -2.28. The van der Waals surface area contributed by atoms with Crippen molar-refractivity contribution in [2.75, 3.05) is 6.61 Å². The van der Waals surface area contributed by atoms with Crippen molar-refractivity contribution in [3.63, 3.8) is 0 Å². The lowest BCUT2D eigenvalue weighted by Crippen LogP contribution is -2.15. The van der Waals surface area contributed by atoms with Crippen LogP contribution in [0.3, 0.4) is 0 Å². The van der Waals surface area contributed by atoms with Gasteiger partial charge in [-0.1, -0.05) is 135 Å². The smallest absolute Gasteiger partial charge is 0.201 e. The Balaban J connectivity index is 1.41. The highest BCUT2D eigenvalue weighted by Crippen LogP contribution is 2.35. The number of rotatable bonds is 20. The molecule has 0 aliphatic heterocycles. The van der Waals surface area contributed by atoms with Crippen LogP contribution in [0.4, 0.5) is 13.2 Å². The summed E-state index contributed by atoms with van der Waals surface area (Å²) < 4.78 is 50.2. The molecule has 1 nitrogen and oxygen atoms in total. The molecular formula is C37H55F3O. The standard InChI is InChI=1S/C37H55F3O/c1-3-5-7-9-11-13-15-27-41-35-26-25-33(36(39)37(35)40)32-24-23-31(28-34(32)38)22-21-30-19-17-29(18-20-30)16-14-12-10-8-6-4-2/h23-26,28-30H,3-22,27H2,1-2H3. The number of benzene rings is 2. The fourth-order valence-corrected chi connectivity index (χ4v) is 6.42. The van der Waals surface area contributed by atoms with Gasteiger partial charge in [0.1, 0.15) is 5.82 Å². The lowest BCUT2D eigenvalue weighted by molar-refractivity contribution is 0.248. The van der Waals surface area contributed by atoms with Crippen LogP contribution in [0, 0.1) is 29.3 Å². The van der Waals surface area contributed by atoms with Crippen LogP contribution in [0.2, 0.25) is 0 Å². The largest absolute Gasteiger partial charge is 0.490 e. The third-order valence-corrected chi connectivity index (χ3v) is 9.15. The zero-order valence-corrected chi connectivity index (χ0v) is 25.9. The van der Waals surface area contributed by atoms with Crippen LogP contribution in [0.1, 0.15) is 141 Å². The summed E-state index contributed by atoms with van der Waals surface area (Å²) in [5.41, 5.74) is 0.966. The van der Waals surface area contributed by atoms with E-state index < -0.39 is 17.5 Å². The summed E-state index contributed by atoms with van der Waals surface area (Å²) in [6.45, 7) is 4.81. The summed E-state index contributed by atoms with van der Waals surface area (Å²) >= 11 is 0. The maximum atomic E-state index is 15.1. The number of hydrogen-bond donors (Lipinski definition) is 0. The van der Waals surface area contributed by atoms with E-state index in [9.17, 15) is 8.78 Å². The Labute approximate surface area is 248 Å². The molecule has 1 fully saturated rings. The molecule has 0 saturated heterocycles. The summed E-state index contributed by atoms with van der Waals surface area (Å²) in [4.78, 5) is 0. The predicted octanol–water partition coefficient (Wildman–Crippen LogP) is 12.4. The van der Waals surface area contributed by atoms with Gasteiger partial charge in [-0.3, -0.25) is 0 Å². The number of ether oxygens (including phenoxy) is 1. The Morgan fingerprint density at radius 1 is 0.610 bits per heavy atom. The Hall–Kier alpha value is -1.97. The van der Waals surface area contributed by atoms with Crippen LogP contribution < -0.4 is 4.74 Å². The van der Waals surface area contributed by atoms with Crippen molar-refractivity contribution in [3.8, 4) is 16.9 Å². The van der Waals surface area contributed by atoms with E-state index >= 15 is 4.39 Å². The Bertz CT molecular complexity index is 996. The normalized spacial score (nSPS) is 17.2. The SMILES string of the molecule is CCCCCCCCCOc1ccc(-c2ccc(CCC3CCC(CCCCCCCC)CC3)cc2F)c(F)c1F. The van der Waals surface area contributed by atoms with Gasteiger partial charge in [-0.25, -0.2) is 8.78 Å². The van der Waals surface area contributed by atoms with Crippen molar-refractivity contribution in [2.45, 2.75) is 142 Å². The second-order valence-electron chi connectivity index (χ2n) is 12.5. The Morgan fingerprint density at radius 2 is 1.17 bits per heavy atom. The zero-order chi connectivity index (χ0) is 29.3. The van der Waals surface area contributed by atoms with Gasteiger partial charge >= 0.3 is 0 Å².